The molecule has 0 spiro atoms. The average Bonchev–Trinajstić information content (AvgIpc) is 3.02. The van der Waals surface area contributed by atoms with Crippen LogP contribution in [-0.2, 0) is 17.9 Å². The molecule has 3 aromatic rings. The number of halogens is 2. The van der Waals surface area contributed by atoms with Crippen molar-refractivity contribution >= 4 is 11.8 Å². The van der Waals surface area contributed by atoms with Crippen LogP contribution in [0.4, 0.5) is 8.78 Å². The standard InChI is InChI=1S/C34H40F2N4O3/c1-43-31-4-2-3-24(19-31)22-39(21-23-5-9-26(35)10-6-23)30-17-18-40(34(42)25-7-11-27(36)12-8-25)32(20-30)33(41)38-29-15-13-28(37)14-16-29/h2-12,19,28-30,32H,13-18,20-22,37H2,1H3,(H,38,41)/t28?,29?,30?,32-/m1/s1. The van der Waals surface area contributed by atoms with Crippen LogP contribution in [0, 0.1) is 11.6 Å². The molecule has 1 saturated carbocycles. The van der Waals surface area contributed by atoms with Crippen LogP contribution in [0.15, 0.2) is 72.8 Å². The summed E-state index contributed by atoms with van der Waals surface area (Å²) < 4.78 is 32.8. The number of benzene rings is 3. The minimum absolute atomic E-state index is 0.0163. The number of hydrogen-bond donors (Lipinski definition) is 2. The molecule has 0 bridgehead atoms. The molecular formula is C34H40F2N4O3. The van der Waals surface area contributed by atoms with Crippen molar-refractivity contribution in [2.45, 2.75) is 75.8 Å². The van der Waals surface area contributed by atoms with Gasteiger partial charge in [0, 0.05) is 43.3 Å². The Morgan fingerprint density at radius 2 is 1.56 bits per heavy atom. The Morgan fingerprint density at radius 3 is 2.23 bits per heavy atom. The second kappa shape index (κ2) is 14.1. The first kappa shape index (κ1) is 30.6. The molecule has 2 amide bonds. The van der Waals surface area contributed by atoms with Gasteiger partial charge in [0.25, 0.3) is 5.91 Å². The fourth-order valence-corrected chi connectivity index (χ4v) is 6.23. The molecule has 43 heavy (non-hydrogen) atoms. The first-order valence-electron chi connectivity index (χ1n) is 15.0. The summed E-state index contributed by atoms with van der Waals surface area (Å²) in [6.07, 6.45) is 4.38. The van der Waals surface area contributed by atoms with E-state index in [1.807, 2.05) is 24.3 Å². The van der Waals surface area contributed by atoms with E-state index in [1.54, 1.807) is 24.1 Å². The van der Waals surface area contributed by atoms with E-state index in [0.29, 0.717) is 38.0 Å². The molecule has 1 aliphatic heterocycles. The summed E-state index contributed by atoms with van der Waals surface area (Å²) in [7, 11) is 1.63. The molecule has 2 fully saturated rings. The molecule has 0 radical (unpaired) electrons. The summed E-state index contributed by atoms with van der Waals surface area (Å²) in [4.78, 5) is 31.5. The van der Waals surface area contributed by atoms with Crippen LogP contribution < -0.4 is 15.8 Å². The van der Waals surface area contributed by atoms with Crippen molar-refractivity contribution in [2.24, 2.45) is 5.73 Å². The topological polar surface area (TPSA) is 87.9 Å². The second-order valence-corrected chi connectivity index (χ2v) is 11.7. The molecule has 1 heterocycles. The Balaban J connectivity index is 1.41. The van der Waals surface area contributed by atoms with Gasteiger partial charge in [0.05, 0.1) is 7.11 Å². The number of methoxy groups -OCH3 is 1. The van der Waals surface area contributed by atoms with Crippen LogP contribution in [0.25, 0.3) is 0 Å². The Hall–Kier alpha value is -3.82. The number of nitrogens with zero attached hydrogens (tertiary/aromatic N) is 2. The third-order valence-corrected chi connectivity index (χ3v) is 8.68. The van der Waals surface area contributed by atoms with Gasteiger partial charge in [0.15, 0.2) is 0 Å². The molecule has 3 aromatic carbocycles. The largest absolute Gasteiger partial charge is 0.497 e. The van der Waals surface area contributed by atoms with Gasteiger partial charge in [-0.1, -0.05) is 24.3 Å². The van der Waals surface area contributed by atoms with Gasteiger partial charge in [-0.25, -0.2) is 8.78 Å². The lowest BCUT2D eigenvalue weighted by molar-refractivity contribution is -0.128. The molecule has 9 heteroatoms. The van der Waals surface area contributed by atoms with Gasteiger partial charge in [0.1, 0.15) is 23.4 Å². The highest BCUT2D eigenvalue weighted by Crippen LogP contribution is 2.28. The van der Waals surface area contributed by atoms with Crippen LogP contribution in [0.2, 0.25) is 0 Å². The van der Waals surface area contributed by atoms with Gasteiger partial charge in [-0.05, 0) is 98.2 Å². The van der Waals surface area contributed by atoms with Crippen molar-refractivity contribution in [3.63, 3.8) is 0 Å². The Labute approximate surface area is 252 Å². The second-order valence-electron chi connectivity index (χ2n) is 11.7. The lowest BCUT2D eigenvalue weighted by Gasteiger charge is -2.43. The van der Waals surface area contributed by atoms with Crippen molar-refractivity contribution in [3.8, 4) is 5.75 Å². The van der Waals surface area contributed by atoms with E-state index < -0.39 is 11.9 Å². The monoisotopic (exact) mass is 590 g/mol. The summed E-state index contributed by atoms with van der Waals surface area (Å²) in [6, 6.07) is 19.2. The fourth-order valence-electron chi connectivity index (χ4n) is 6.23. The van der Waals surface area contributed by atoms with Crippen molar-refractivity contribution < 1.29 is 23.1 Å². The number of piperidine rings is 1. The van der Waals surface area contributed by atoms with Crippen molar-refractivity contribution in [3.05, 3.63) is 101 Å². The first-order chi connectivity index (χ1) is 20.8. The van der Waals surface area contributed by atoms with Crippen molar-refractivity contribution in [1.82, 2.24) is 15.1 Å². The number of carbonyl (C=O) groups excluding carboxylic acids is 2. The molecule has 228 valence electrons. The summed E-state index contributed by atoms with van der Waals surface area (Å²) >= 11 is 0. The van der Waals surface area contributed by atoms with Crippen LogP contribution >= 0.6 is 0 Å². The third-order valence-electron chi connectivity index (χ3n) is 8.68. The minimum atomic E-state index is -0.701. The van der Waals surface area contributed by atoms with Crippen molar-refractivity contribution in [1.29, 1.82) is 0 Å². The number of likely N-dealkylation sites (tertiary alicyclic amines) is 1. The Bertz CT molecular complexity index is 1380. The smallest absolute Gasteiger partial charge is 0.254 e. The number of nitrogens with one attached hydrogen (secondary N) is 1. The third kappa shape index (κ3) is 7.97. The van der Waals surface area contributed by atoms with Crippen LogP contribution in [0.5, 0.6) is 5.75 Å². The summed E-state index contributed by atoms with van der Waals surface area (Å²) in [5, 5.41) is 3.21. The lowest BCUT2D eigenvalue weighted by Crippen LogP contribution is -2.58. The van der Waals surface area contributed by atoms with Gasteiger partial charge < -0.3 is 20.7 Å². The van der Waals surface area contributed by atoms with Gasteiger partial charge >= 0.3 is 0 Å². The highest BCUT2D eigenvalue weighted by molar-refractivity contribution is 5.97. The zero-order valence-electron chi connectivity index (χ0n) is 24.6. The summed E-state index contributed by atoms with van der Waals surface area (Å²) in [5.41, 5.74) is 8.43. The van der Waals surface area contributed by atoms with Crippen molar-refractivity contribution in [2.75, 3.05) is 13.7 Å². The van der Waals surface area contributed by atoms with E-state index in [9.17, 15) is 18.4 Å². The number of carbonyl (C=O) groups is 2. The van der Waals surface area contributed by atoms with E-state index in [1.165, 1.54) is 36.4 Å². The molecule has 1 saturated heterocycles. The average molecular weight is 591 g/mol. The van der Waals surface area contributed by atoms with E-state index in [0.717, 1.165) is 42.6 Å². The Morgan fingerprint density at radius 1 is 0.907 bits per heavy atom. The van der Waals surface area contributed by atoms with E-state index in [2.05, 4.69) is 10.2 Å². The van der Waals surface area contributed by atoms with Crippen LogP contribution in [0.3, 0.4) is 0 Å². The predicted octanol–water partition coefficient (Wildman–Crippen LogP) is 5.04. The molecule has 0 aromatic heterocycles. The minimum Gasteiger partial charge on any atom is -0.497 e. The first-order valence-corrected chi connectivity index (χ1v) is 15.0. The molecule has 1 aliphatic carbocycles. The number of amides is 2. The maximum atomic E-state index is 13.9. The van der Waals surface area contributed by atoms with Gasteiger partial charge in [0.2, 0.25) is 5.91 Å². The number of rotatable bonds is 9. The molecular weight excluding hydrogens is 550 g/mol. The van der Waals surface area contributed by atoms with E-state index in [4.69, 9.17) is 10.5 Å². The molecule has 2 atom stereocenters. The van der Waals surface area contributed by atoms with E-state index >= 15 is 0 Å². The van der Waals surface area contributed by atoms with Crippen LogP contribution in [0.1, 0.15) is 60.0 Å². The summed E-state index contributed by atoms with van der Waals surface area (Å²) in [5.74, 6) is -0.431. The number of hydrogen-bond acceptors (Lipinski definition) is 5. The van der Waals surface area contributed by atoms with E-state index in [-0.39, 0.29) is 35.8 Å². The zero-order chi connectivity index (χ0) is 30.3. The summed E-state index contributed by atoms with van der Waals surface area (Å²) in [6.45, 7) is 1.50. The predicted molar refractivity (Wildman–Crippen MR) is 161 cm³/mol. The highest BCUT2D eigenvalue weighted by Gasteiger charge is 2.39. The molecule has 3 N–H and O–H groups in total. The lowest BCUT2D eigenvalue weighted by atomic mass is 9.90. The maximum Gasteiger partial charge on any atom is 0.254 e. The van der Waals surface area contributed by atoms with Gasteiger partial charge in [-0.3, -0.25) is 14.5 Å². The molecule has 5 rings (SSSR count). The van der Waals surface area contributed by atoms with Gasteiger partial charge in [-0.15, -0.1) is 0 Å². The highest BCUT2D eigenvalue weighted by atomic mass is 19.1. The SMILES string of the molecule is COc1cccc(CN(Cc2ccc(F)cc2)C2CCN(C(=O)c3ccc(F)cc3)[C@@H](C(=O)NC3CCC(N)CC3)C2)c1. The maximum absolute atomic E-state index is 13.9. The number of nitrogens with two attached hydrogens (primary N) is 1. The zero-order valence-corrected chi connectivity index (χ0v) is 24.6. The molecule has 1 unspecified atom stereocenters. The molecule has 2 aliphatic rings. The quantitative estimate of drug-likeness (QED) is 0.365. The van der Waals surface area contributed by atoms with Crippen LogP contribution in [-0.4, -0.2) is 59.4 Å². The number of ether oxygens (including phenoxy) is 1. The normalized spacial score (nSPS) is 22.3. The Kier molecular flexibility index (Phi) is 10.0. The molecule has 7 nitrogen and oxygen atoms in total. The fraction of sp³-hybridized carbons (Fsp3) is 0.412. The van der Waals surface area contributed by atoms with Gasteiger partial charge in [-0.2, -0.15) is 0 Å².